The van der Waals surface area contributed by atoms with Crippen LogP contribution < -0.4 is 15.1 Å². The molecule has 1 N–H and O–H groups in total. The van der Waals surface area contributed by atoms with E-state index in [1.807, 2.05) is 18.2 Å². The first-order chi connectivity index (χ1) is 13.4. The Kier molecular flexibility index (Phi) is 6.02. The van der Waals surface area contributed by atoms with Crippen molar-refractivity contribution in [2.45, 2.75) is 26.4 Å². The Bertz CT molecular complexity index is 794. The Morgan fingerprint density at radius 1 is 1.43 bits per heavy atom. The number of hydrogen-bond acceptors (Lipinski definition) is 5. The summed E-state index contributed by atoms with van der Waals surface area (Å²) >= 11 is 0. The quantitative estimate of drug-likeness (QED) is 0.840. The Morgan fingerprint density at radius 3 is 2.86 bits per heavy atom. The molecule has 2 aliphatic rings. The van der Waals surface area contributed by atoms with E-state index in [0.717, 1.165) is 5.92 Å². The summed E-state index contributed by atoms with van der Waals surface area (Å²) in [5, 5.41) is 11.5. The van der Waals surface area contributed by atoms with Crippen molar-refractivity contribution in [1.29, 1.82) is 5.26 Å². The lowest BCUT2D eigenvalue weighted by Gasteiger charge is -2.37. The topological polar surface area (TPSA) is 85.7 Å². The molecular formula is C20H23FN4O3. The van der Waals surface area contributed by atoms with Gasteiger partial charge < -0.3 is 15.0 Å². The van der Waals surface area contributed by atoms with E-state index in [0.29, 0.717) is 30.9 Å². The van der Waals surface area contributed by atoms with Gasteiger partial charge in [-0.25, -0.2) is 9.18 Å². The van der Waals surface area contributed by atoms with E-state index in [9.17, 15) is 14.0 Å². The summed E-state index contributed by atoms with van der Waals surface area (Å²) in [4.78, 5) is 26.4. The monoisotopic (exact) mass is 386 g/mol. The number of rotatable bonds is 5. The number of carbonyl (C=O) groups is 2. The number of amides is 2. The second-order valence-corrected chi connectivity index (χ2v) is 7.11. The minimum Gasteiger partial charge on any atom is -0.442 e. The summed E-state index contributed by atoms with van der Waals surface area (Å²) in [5.74, 6) is 0.643. The van der Waals surface area contributed by atoms with E-state index in [4.69, 9.17) is 10.00 Å². The van der Waals surface area contributed by atoms with Gasteiger partial charge in [-0.1, -0.05) is 6.92 Å². The molecule has 2 heterocycles. The van der Waals surface area contributed by atoms with Crippen molar-refractivity contribution in [3.63, 3.8) is 0 Å². The van der Waals surface area contributed by atoms with Gasteiger partial charge in [-0.15, -0.1) is 0 Å². The smallest absolute Gasteiger partial charge is 0.414 e. The van der Waals surface area contributed by atoms with E-state index < -0.39 is 18.0 Å². The van der Waals surface area contributed by atoms with Gasteiger partial charge in [0.1, 0.15) is 11.9 Å². The van der Waals surface area contributed by atoms with E-state index in [1.54, 1.807) is 12.1 Å². The summed E-state index contributed by atoms with van der Waals surface area (Å²) < 4.78 is 20.0. The predicted molar refractivity (Wildman–Crippen MR) is 102 cm³/mol. The minimum absolute atomic E-state index is 0.176. The predicted octanol–water partition coefficient (Wildman–Crippen LogP) is 2.44. The van der Waals surface area contributed by atoms with Gasteiger partial charge in [0.05, 0.1) is 30.5 Å². The van der Waals surface area contributed by atoms with E-state index in [1.165, 1.54) is 17.9 Å². The van der Waals surface area contributed by atoms with E-state index in [-0.39, 0.29) is 24.9 Å². The molecule has 3 rings (SSSR count). The minimum atomic E-state index is -0.557. The second kappa shape index (κ2) is 8.46. The fourth-order valence-corrected chi connectivity index (χ4v) is 3.50. The third-order valence-electron chi connectivity index (χ3n) is 5.02. The molecule has 28 heavy (non-hydrogen) atoms. The van der Waals surface area contributed by atoms with Crippen molar-refractivity contribution in [2.24, 2.45) is 5.92 Å². The molecule has 0 aliphatic carbocycles. The van der Waals surface area contributed by atoms with Crippen molar-refractivity contribution in [3.05, 3.63) is 36.4 Å². The number of nitriles is 1. The summed E-state index contributed by atoms with van der Waals surface area (Å²) in [5.41, 5.74) is 0.882. The van der Waals surface area contributed by atoms with Gasteiger partial charge in [0.2, 0.25) is 5.91 Å². The van der Waals surface area contributed by atoms with Crippen LogP contribution in [0.25, 0.3) is 0 Å². The van der Waals surface area contributed by atoms with Crippen LogP contribution >= 0.6 is 0 Å². The first kappa shape index (κ1) is 19.9. The van der Waals surface area contributed by atoms with E-state index >= 15 is 0 Å². The summed E-state index contributed by atoms with van der Waals surface area (Å²) in [6.45, 7) is 5.07. The molecule has 7 nitrogen and oxygen atoms in total. The number of carbonyl (C=O) groups excluding carboxylic acids is 2. The fourth-order valence-electron chi connectivity index (χ4n) is 3.50. The molecule has 2 amide bonds. The van der Waals surface area contributed by atoms with Crippen LogP contribution in [0.5, 0.6) is 0 Å². The summed E-state index contributed by atoms with van der Waals surface area (Å²) in [6, 6.07) is 6.85. The highest BCUT2D eigenvalue weighted by Crippen LogP contribution is 2.33. The number of nitrogens with one attached hydrogen (secondary N) is 1. The number of nitrogens with zero attached hydrogens (tertiary/aromatic N) is 3. The molecular weight excluding hydrogens is 363 g/mol. The first-order valence-corrected chi connectivity index (χ1v) is 9.22. The second-order valence-electron chi connectivity index (χ2n) is 7.11. The Labute approximate surface area is 164 Å². The zero-order valence-corrected chi connectivity index (χ0v) is 15.9. The largest absolute Gasteiger partial charge is 0.442 e. The Morgan fingerprint density at radius 2 is 2.21 bits per heavy atom. The maximum Gasteiger partial charge on any atom is 0.414 e. The van der Waals surface area contributed by atoms with Crippen LogP contribution in [-0.4, -0.2) is 44.3 Å². The molecule has 148 valence electrons. The lowest BCUT2D eigenvalue weighted by molar-refractivity contribution is -0.119. The van der Waals surface area contributed by atoms with Crippen LogP contribution in [0.15, 0.2) is 18.2 Å². The van der Waals surface area contributed by atoms with E-state index in [2.05, 4.69) is 11.4 Å². The molecule has 0 saturated carbocycles. The molecule has 0 bridgehead atoms. The number of piperidine rings is 1. The number of benzene rings is 1. The number of anilines is 2. The molecule has 2 fully saturated rings. The van der Waals surface area contributed by atoms with Gasteiger partial charge >= 0.3 is 6.09 Å². The molecule has 1 aromatic rings. The average Bonchev–Trinajstić information content (AvgIpc) is 3.02. The van der Waals surface area contributed by atoms with Gasteiger partial charge in [0.15, 0.2) is 0 Å². The van der Waals surface area contributed by atoms with Crippen molar-refractivity contribution >= 4 is 23.4 Å². The lowest BCUT2D eigenvalue weighted by Crippen LogP contribution is -2.39. The van der Waals surface area contributed by atoms with Crippen LogP contribution in [-0.2, 0) is 9.53 Å². The average molecular weight is 386 g/mol. The molecule has 8 heteroatoms. The number of halogens is 1. The molecule has 0 spiro atoms. The molecule has 2 unspecified atom stereocenters. The third kappa shape index (κ3) is 4.35. The van der Waals surface area contributed by atoms with Crippen LogP contribution in [0.4, 0.5) is 20.6 Å². The molecule has 2 saturated heterocycles. The van der Waals surface area contributed by atoms with Crippen LogP contribution in [0.1, 0.15) is 20.3 Å². The maximum absolute atomic E-state index is 14.8. The zero-order valence-electron chi connectivity index (χ0n) is 15.9. The molecule has 1 aromatic carbocycles. The zero-order chi connectivity index (χ0) is 20.3. The number of hydrogen-bond donors (Lipinski definition) is 1. The van der Waals surface area contributed by atoms with Gasteiger partial charge in [-0.3, -0.25) is 9.69 Å². The Balaban J connectivity index is 1.67. The van der Waals surface area contributed by atoms with Crippen molar-refractivity contribution in [2.75, 3.05) is 36.0 Å². The number of ether oxygens (including phenoxy) is 1. The first-order valence-electron chi connectivity index (χ1n) is 9.22. The van der Waals surface area contributed by atoms with Crippen LogP contribution in [0.3, 0.4) is 0 Å². The van der Waals surface area contributed by atoms with Crippen LogP contribution in [0.2, 0.25) is 0 Å². The van der Waals surface area contributed by atoms with Crippen LogP contribution in [0, 0.1) is 35.4 Å². The summed E-state index contributed by atoms with van der Waals surface area (Å²) in [6.07, 6.45) is 1.35. The van der Waals surface area contributed by atoms with Crippen molar-refractivity contribution in [1.82, 2.24) is 5.32 Å². The standard InChI is InChI=1S/C20H23FN4O3/c1-13-11-24(8-6-15(13)5-7-22)19-4-3-16(9-18(19)21)25-12-17(28-20(25)27)10-23-14(2)26/h3-4,6,9,13,17H,5,8,10-12H2,1-2H3,(H,23,26). The van der Waals surface area contributed by atoms with Crippen molar-refractivity contribution in [3.8, 4) is 6.07 Å². The molecule has 2 radical (unpaired) electrons. The van der Waals surface area contributed by atoms with Gasteiger partial charge in [0.25, 0.3) is 0 Å². The Hall–Kier alpha value is -2.82. The van der Waals surface area contributed by atoms with Gasteiger partial charge in [0, 0.05) is 26.4 Å². The summed E-state index contributed by atoms with van der Waals surface area (Å²) in [7, 11) is 0. The lowest BCUT2D eigenvalue weighted by atomic mass is 9.84. The fraction of sp³-hybridized carbons (Fsp3) is 0.450. The maximum atomic E-state index is 14.8. The van der Waals surface area contributed by atoms with Gasteiger partial charge in [-0.05, 0) is 36.5 Å². The molecule has 2 atom stereocenters. The third-order valence-corrected chi connectivity index (χ3v) is 5.02. The van der Waals surface area contributed by atoms with Gasteiger partial charge in [-0.2, -0.15) is 5.26 Å². The highest BCUT2D eigenvalue weighted by molar-refractivity contribution is 5.90. The number of cyclic esters (lactones) is 1. The highest BCUT2D eigenvalue weighted by Gasteiger charge is 2.33. The normalized spacial score (nSPS) is 22.7. The molecule has 2 aliphatic heterocycles. The van der Waals surface area contributed by atoms with Crippen molar-refractivity contribution < 1.29 is 18.7 Å². The SMILES string of the molecule is CC(=O)NCC1CN(c2ccc(N3C[CH][C](CC#N)C(C)C3)c(F)c2)C(=O)O1. The highest BCUT2D eigenvalue weighted by atomic mass is 19.1. The molecule has 0 aromatic heterocycles.